The first-order valence-corrected chi connectivity index (χ1v) is 6.66. The molecule has 0 bridgehead atoms. The number of rotatable bonds is 5. The Balaban J connectivity index is 2.36. The highest BCUT2D eigenvalue weighted by Crippen LogP contribution is 2.26. The standard InChI is InChI=1S/C15H20N4/c1-4-11-7-6-8-12(5-2)15(11)19-14-9-13(16-3)17-10-18-14/h6-10H,4-5H2,1-3H3,(H2,16,17,18,19). The zero-order valence-corrected chi connectivity index (χ0v) is 11.7. The first-order chi connectivity index (χ1) is 9.28. The number of aromatic nitrogens is 2. The molecule has 1 aromatic heterocycles. The van der Waals surface area contributed by atoms with Gasteiger partial charge in [-0.15, -0.1) is 0 Å². The summed E-state index contributed by atoms with van der Waals surface area (Å²) in [5, 5.41) is 6.45. The van der Waals surface area contributed by atoms with Gasteiger partial charge in [0.15, 0.2) is 0 Å². The van der Waals surface area contributed by atoms with Crippen LogP contribution in [-0.2, 0) is 12.8 Å². The minimum Gasteiger partial charge on any atom is -0.373 e. The van der Waals surface area contributed by atoms with E-state index in [2.05, 4.69) is 52.6 Å². The van der Waals surface area contributed by atoms with Gasteiger partial charge in [-0.2, -0.15) is 0 Å². The van der Waals surface area contributed by atoms with Crippen LogP contribution in [0.4, 0.5) is 17.3 Å². The average molecular weight is 256 g/mol. The Morgan fingerprint density at radius 1 is 1.00 bits per heavy atom. The number of nitrogens with one attached hydrogen (secondary N) is 2. The molecule has 0 aliphatic heterocycles. The van der Waals surface area contributed by atoms with Crippen LogP contribution < -0.4 is 10.6 Å². The number of anilines is 3. The second-order valence-electron chi connectivity index (χ2n) is 4.32. The van der Waals surface area contributed by atoms with E-state index in [-0.39, 0.29) is 0 Å². The van der Waals surface area contributed by atoms with Crippen molar-refractivity contribution in [1.29, 1.82) is 0 Å². The summed E-state index contributed by atoms with van der Waals surface area (Å²) in [5.41, 5.74) is 3.79. The smallest absolute Gasteiger partial charge is 0.135 e. The zero-order chi connectivity index (χ0) is 13.7. The SMILES string of the molecule is CCc1cccc(CC)c1Nc1cc(NC)ncn1. The van der Waals surface area contributed by atoms with Crippen molar-refractivity contribution in [3.05, 3.63) is 41.7 Å². The molecule has 4 nitrogen and oxygen atoms in total. The summed E-state index contributed by atoms with van der Waals surface area (Å²) >= 11 is 0. The maximum atomic E-state index is 4.27. The third-order valence-corrected chi connectivity index (χ3v) is 3.18. The predicted molar refractivity (Wildman–Crippen MR) is 80.1 cm³/mol. The summed E-state index contributed by atoms with van der Waals surface area (Å²) in [6.45, 7) is 4.33. The number of hydrogen-bond acceptors (Lipinski definition) is 4. The quantitative estimate of drug-likeness (QED) is 0.861. The first kappa shape index (κ1) is 13.3. The van der Waals surface area contributed by atoms with Crippen LogP contribution in [0.2, 0.25) is 0 Å². The number of aryl methyl sites for hydroxylation is 2. The summed E-state index contributed by atoms with van der Waals surface area (Å²) in [7, 11) is 1.85. The van der Waals surface area contributed by atoms with Gasteiger partial charge in [0.05, 0.1) is 0 Å². The van der Waals surface area contributed by atoms with Gasteiger partial charge in [-0.1, -0.05) is 32.0 Å². The number of nitrogens with zero attached hydrogens (tertiary/aromatic N) is 2. The number of para-hydroxylation sites is 1. The molecule has 19 heavy (non-hydrogen) atoms. The summed E-state index contributed by atoms with van der Waals surface area (Å²) in [4.78, 5) is 8.39. The van der Waals surface area contributed by atoms with Gasteiger partial charge in [-0.25, -0.2) is 9.97 Å². The van der Waals surface area contributed by atoms with Gasteiger partial charge in [0.25, 0.3) is 0 Å². The van der Waals surface area contributed by atoms with Crippen LogP contribution >= 0.6 is 0 Å². The molecule has 4 heteroatoms. The average Bonchev–Trinajstić information content (AvgIpc) is 2.47. The lowest BCUT2D eigenvalue weighted by molar-refractivity contribution is 1.08. The van der Waals surface area contributed by atoms with Gasteiger partial charge in [-0.3, -0.25) is 0 Å². The molecule has 0 amide bonds. The topological polar surface area (TPSA) is 49.8 Å². The van der Waals surface area contributed by atoms with Gasteiger partial charge >= 0.3 is 0 Å². The van der Waals surface area contributed by atoms with E-state index in [1.807, 2.05) is 13.1 Å². The summed E-state index contributed by atoms with van der Waals surface area (Å²) in [6.07, 6.45) is 3.56. The molecule has 0 saturated carbocycles. The molecule has 2 rings (SSSR count). The van der Waals surface area contributed by atoms with E-state index in [1.165, 1.54) is 16.8 Å². The van der Waals surface area contributed by atoms with Crippen molar-refractivity contribution < 1.29 is 0 Å². The maximum Gasteiger partial charge on any atom is 0.135 e. The molecular weight excluding hydrogens is 236 g/mol. The second-order valence-corrected chi connectivity index (χ2v) is 4.32. The van der Waals surface area contributed by atoms with E-state index in [0.29, 0.717) is 0 Å². The molecule has 0 aliphatic rings. The van der Waals surface area contributed by atoms with Crippen molar-refractivity contribution in [3.63, 3.8) is 0 Å². The molecule has 0 aliphatic carbocycles. The molecule has 0 spiro atoms. The monoisotopic (exact) mass is 256 g/mol. The molecule has 0 radical (unpaired) electrons. The van der Waals surface area contributed by atoms with E-state index in [9.17, 15) is 0 Å². The van der Waals surface area contributed by atoms with Crippen molar-refractivity contribution in [2.75, 3.05) is 17.7 Å². The zero-order valence-electron chi connectivity index (χ0n) is 11.7. The summed E-state index contributed by atoms with van der Waals surface area (Å²) < 4.78 is 0. The fourth-order valence-corrected chi connectivity index (χ4v) is 2.09. The highest BCUT2D eigenvalue weighted by molar-refractivity contribution is 5.66. The Bertz CT molecular complexity index is 529. The van der Waals surface area contributed by atoms with Crippen LogP contribution in [-0.4, -0.2) is 17.0 Å². The van der Waals surface area contributed by atoms with Crippen molar-refractivity contribution in [3.8, 4) is 0 Å². The van der Waals surface area contributed by atoms with Crippen LogP contribution in [0.3, 0.4) is 0 Å². The Morgan fingerprint density at radius 2 is 1.63 bits per heavy atom. The minimum atomic E-state index is 0.810. The van der Waals surface area contributed by atoms with Gasteiger partial charge in [0.2, 0.25) is 0 Å². The molecule has 100 valence electrons. The van der Waals surface area contributed by atoms with Crippen molar-refractivity contribution in [2.24, 2.45) is 0 Å². The lowest BCUT2D eigenvalue weighted by Gasteiger charge is -2.15. The lowest BCUT2D eigenvalue weighted by Crippen LogP contribution is -2.02. The van der Waals surface area contributed by atoms with Gasteiger partial charge in [-0.05, 0) is 24.0 Å². The summed E-state index contributed by atoms with van der Waals surface area (Å²) in [6, 6.07) is 8.33. The van der Waals surface area contributed by atoms with E-state index >= 15 is 0 Å². The third kappa shape index (κ3) is 3.02. The van der Waals surface area contributed by atoms with Gasteiger partial charge in [0, 0.05) is 18.8 Å². The molecular formula is C15H20N4. The second kappa shape index (κ2) is 6.18. The first-order valence-electron chi connectivity index (χ1n) is 6.66. The molecule has 0 atom stereocenters. The van der Waals surface area contributed by atoms with Crippen molar-refractivity contribution >= 4 is 17.3 Å². The van der Waals surface area contributed by atoms with Crippen LogP contribution in [0.25, 0.3) is 0 Å². The van der Waals surface area contributed by atoms with Gasteiger partial charge in [0.1, 0.15) is 18.0 Å². The lowest BCUT2D eigenvalue weighted by atomic mass is 10.0. The highest BCUT2D eigenvalue weighted by Gasteiger charge is 2.07. The minimum absolute atomic E-state index is 0.810. The predicted octanol–water partition coefficient (Wildman–Crippen LogP) is 3.39. The summed E-state index contributed by atoms with van der Waals surface area (Å²) in [5.74, 6) is 1.62. The Hall–Kier alpha value is -2.10. The Kier molecular flexibility index (Phi) is 4.34. The molecule has 2 aromatic rings. The van der Waals surface area contributed by atoms with Crippen molar-refractivity contribution in [2.45, 2.75) is 26.7 Å². The maximum absolute atomic E-state index is 4.27. The van der Waals surface area contributed by atoms with Gasteiger partial charge < -0.3 is 10.6 Å². The van der Waals surface area contributed by atoms with Crippen LogP contribution in [0, 0.1) is 0 Å². The highest BCUT2D eigenvalue weighted by atomic mass is 15.1. The molecule has 0 saturated heterocycles. The van der Waals surface area contributed by atoms with E-state index in [4.69, 9.17) is 0 Å². The van der Waals surface area contributed by atoms with Crippen LogP contribution in [0.5, 0.6) is 0 Å². The van der Waals surface area contributed by atoms with Crippen molar-refractivity contribution in [1.82, 2.24) is 9.97 Å². The molecule has 2 N–H and O–H groups in total. The third-order valence-electron chi connectivity index (χ3n) is 3.18. The Morgan fingerprint density at radius 3 is 2.21 bits per heavy atom. The van der Waals surface area contributed by atoms with E-state index in [0.717, 1.165) is 24.5 Å². The molecule has 1 heterocycles. The fourth-order valence-electron chi connectivity index (χ4n) is 2.09. The molecule has 0 unspecified atom stereocenters. The van der Waals surface area contributed by atoms with Crippen LogP contribution in [0.15, 0.2) is 30.6 Å². The largest absolute Gasteiger partial charge is 0.373 e. The van der Waals surface area contributed by atoms with E-state index < -0.39 is 0 Å². The molecule has 0 fully saturated rings. The molecule has 1 aromatic carbocycles. The fraction of sp³-hybridized carbons (Fsp3) is 0.333. The number of hydrogen-bond donors (Lipinski definition) is 2. The van der Waals surface area contributed by atoms with Crippen LogP contribution in [0.1, 0.15) is 25.0 Å². The number of benzene rings is 1. The Labute approximate surface area is 114 Å². The normalized spacial score (nSPS) is 10.3. The van der Waals surface area contributed by atoms with E-state index in [1.54, 1.807) is 6.33 Å².